The average molecular weight is 148 g/mol. The number of carbonyl (C=O) groups is 1. The zero-order valence-corrected chi connectivity index (χ0v) is 5.68. The van der Waals surface area contributed by atoms with E-state index in [0.717, 1.165) is 0 Å². The maximum atomic E-state index is 10.1. The average Bonchev–Trinajstić information content (AvgIpc) is 1.63. The van der Waals surface area contributed by atoms with Crippen LogP contribution in [0.15, 0.2) is 4.99 Å². The van der Waals surface area contributed by atoms with E-state index in [1.54, 1.807) is 6.92 Å². The summed E-state index contributed by atoms with van der Waals surface area (Å²) in [5.41, 5.74) is 0. The van der Waals surface area contributed by atoms with Crippen molar-refractivity contribution >= 4 is 22.9 Å². The molecule has 0 bridgehead atoms. The van der Waals surface area contributed by atoms with E-state index in [-0.39, 0.29) is 12.5 Å². The molecule has 0 fully saturated rings. The van der Waals surface area contributed by atoms with E-state index in [1.165, 1.54) is 6.08 Å². The van der Waals surface area contributed by atoms with E-state index in [0.29, 0.717) is 0 Å². The van der Waals surface area contributed by atoms with Crippen LogP contribution in [-0.4, -0.2) is 17.4 Å². The van der Waals surface area contributed by atoms with Crippen molar-refractivity contribution in [1.82, 2.24) is 0 Å². The fourth-order valence-electron chi connectivity index (χ4n) is 0.368. The van der Waals surface area contributed by atoms with Gasteiger partial charge < -0.3 is 0 Å². The lowest BCUT2D eigenvalue weighted by Crippen LogP contribution is -2.01. The summed E-state index contributed by atoms with van der Waals surface area (Å²) < 4.78 is 0. The Morgan fingerprint density at radius 2 is 2.44 bits per heavy atom. The first kappa shape index (κ1) is 8.34. The Kier molecular flexibility index (Phi) is 3.93. The van der Waals surface area contributed by atoms with Crippen molar-refractivity contribution in [3.63, 3.8) is 0 Å². The highest BCUT2D eigenvalue weighted by atomic mass is 35.5. The molecule has 9 heavy (non-hydrogen) atoms. The Balaban J connectivity index is 3.62. The maximum absolute atomic E-state index is 10.1. The van der Waals surface area contributed by atoms with Gasteiger partial charge in [0.25, 0.3) is 0 Å². The first-order valence-corrected chi connectivity index (χ1v) is 2.80. The third-order valence-corrected chi connectivity index (χ3v) is 0.883. The molecule has 0 N–H and O–H groups in total. The van der Waals surface area contributed by atoms with Crippen molar-refractivity contribution in [1.29, 1.82) is 0 Å². The van der Waals surface area contributed by atoms with Gasteiger partial charge in [-0.25, -0.2) is 9.79 Å². The summed E-state index contributed by atoms with van der Waals surface area (Å²) in [7, 11) is 0. The van der Waals surface area contributed by atoms with Crippen LogP contribution in [0, 0.1) is 0 Å². The number of halogens is 1. The number of hydrogen-bond donors (Lipinski definition) is 0. The predicted octanol–water partition coefficient (Wildman–Crippen LogP) is 0.866. The van der Waals surface area contributed by atoms with Crippen molar-refractivity contribution < 1.29 is 9.59 Å². The Hall–Kier alpha value is -0.660. The lowest BCUT2D eigenvalue weighted by atomic mass is 10.3. The van der Waals surface area contributed by atoms with Gasteiger partial charge in [-0.05, 0) is 18.5 Å². The molecule has 50 valence electrons. The van der Waals surface area contributed by atoms with E-state index in [2.05, 4.69) is 4.99 Å². The number of hydrogen-bond acceptors (Lipinski definition) is 3. The number of aliphatic imine (C=N–C) groups is 1. The van der Waals surface area contributed by atoms with Crippen LogP contribution in [0.2, 0.25) is 0 Å². The van der Waals surface area contributed by atoms with E-state index in [4.69, 9.17) is 11.6 Å². The second kappa shape index (κ2) is 4.24. The monoisotopic (exact) mass is 147 g/mol. The summed E-state index contributed by atoms with van der Waals surface area (Å²) in [4.78, 5) is 22.9. The van der Waals surface area contributed by atoms with Crippen LogP contribution in [0.25, 0.3) is 0 Å². The van der Waals surface area contributed by atoms with Crippen molar-refractivity contribution in [2.75, 3.05) is 0 Å². The maximum Gasteiger partial charge on any atom is 0.235 e. The largest absolute Gasteiger partial charge is 0.281 e. The first-order valence-electron chi connectivity index (χ1n) is 2.42. The van der Waals surface area contributed by atoms with Crippen LogP contribution in [0.3, 0.4) is 0 Å². The molecule has 4 heteroatoms. The van der Waals surface area contributed by atoms with Crippen LogP contribution in [-0.2, 0) is 9.59 Å². The van der Waals surface area contributed by atoms with Crippen molar-refractivity contribution in [2.45, 2.75) is 19.4 Å². The molecule has 0 aliphatic rings. The summed E-state index contributed by atoms with van der Waals surface area (Å²) in [5.74, 6) is 0. The third-order valence-electron chi connectivity index (χ3n) is 0.729. The molecule has 0 rings (SSSR count). The molecule has 0 aliphatic heterocycles. The Labute approximate surface area is 57.7 Å². The van der Waals surface area contributed by atoms with Crippen molar-refractivity contribution in [3.05, 3.63) is 0 Å². The Bertz CT molecular complexity index is 151. The van der Waals surface area contributed by atoms with Gasteiger partial charge in [0.2, 0.25) is 11.3 Å². The minimum absolute atomic E-state index is 0.0940. The fourth-order valence-corrected chi connectivity index (χ4v) is 0.591. The standard InChI is InChI=1S/C5H6ClNO2/c1-4(7-3-8)2-5(6)9/h4H,2H2,1H3. The molecule has 1 unspecified atom stereocenters. The molecular formula is C5H6ClNO2. The van der Waals surface area contributed by atoms with Crippen LogP contribution >= 0.6 is 11.6 Å². The normalized spacial score (nSPS) is 11.8. The fraction of sp³-hybridized carbons (Fsp3) is 0.600. The smallest absolute Gasteiger partial charge is 0.235 e. The van der Waals surface area contributed by atoms with E-state index in [1.807, 2.05) is 0 Å². The number of carbonyl (C=O) groups excluding carboxylic acids is 2. The zero-order valence-electron chi connectivity index (χ0n) is 4.93. The summed E-state index contributed by atoms with van der Waals surface area (Å²) in [6.45, 7) is 1.62. The second-order valence-electron chi connectivity index (χ2n) is 1.63. The van der Waals surface area contributed by atoms with Crippen molar-refractivity contribution in [2.24, 2.45) is 4.99 Å². The second-order valence-corrected chi connectivity index (χ2v) is 2.05. The van der Waals surface area contributed by atoms with Crippen LogP contribution in [0.4, 0.5) is 0 Å². The van der Waals surface area contributed by atoms with Gasteiger partial charge in [-0.1, -0.05) is 0 Å². The Morgan fingerprint density at radius 3 is 2.78 bits per heavy atom. The lowest BCUT2D eigenvalue weighted by molar-refractivity contribution is -0.111. The highest BCUT2D eigenvalue weighted by Crippen LogP contribution is 1.98. The number of nitrogens with zero attached hydrogens (tertiary/aromatic N) is 1. The van der Waals surface area contributed by atoms with Crippen LogP contribution < -0.4 is 0 Å². The van der Waals surface area contributed by atoms with Gasteiger partial charge in [-0.15, -0.1) is 0 Å². The van der Waals surface area contributed by atoms with Gasteiger partial charge in [0.1, 0.15) is 0 Å². The van der Waals surface area contributed by atoms with Gasteiger partial charge in [0.05, 0.1) is 6.04 Å². The molecule has 0 saturated carbocycles. The van der Waals surface area contributed by atoms with Crippen LogP contribution in [0.1, 0.15) is 13.3 Å². The predicted molar refractivity (Wildman–Crippen MR) is 33.1 cm³/mol. The molecular weight excluding hydrogens is 142 g/mol. The quantitative estimate of drug-likeness (QED) is 0.338. The molecule has 0 radical (unpaired) electrons. The number of isocyanates is 1. The molecule has 0 aromatic carbocycles. The molecule has 1 atom stereocenters. The highest BCUT2D eigenvalue weighted by Gasteiger charge is 2.02. The van der Waals surface area contributed by atoms with Gasteiger partial charge in [0.15, 0.2) is 0 Å². The van der Waals surface area contributed by atoms with Crippen molar-refractivity contribution in [3.8, 4) is 0 Å². The number of rotatable bonds is 3. The molecule has 0 aromatic heterocycles. The topological polar surface area (TPSA) is 46.5 Å². The van der Waals surface area contributed by atoms with Gasteiger partial charge in [-0.2, -0.15) is 0 Å². The summed E-state index contributed by atoms with van der Waals surface area (Å²) in [6, 6.07) is -0.340. The minimum atomic E-state index is -0.485. The third kappa shape index (κ3) is 5.21. The molecule has 0 aromatic rings. The van der Waals surface area contributed by atoms with Gasteiger partial charge in [-0.3, -0.25) is 4.79 Å². The summed E-state index contributed by atoms with van der Waals surface area (Å²) in [5, 5.41) is -0.485. The van der Waals surface area contributed by atoms with E-state index >= 15 is 0 Å². The van der Waals surface area contributed by atoms with Gasteiger partial charge >= 0.3 is 0 Å². The molecule has 0 spiro atoms. The van der Waals surface area contributed by atoms with E-state index < -0.39 is 5.24 Å². The SMILES string of the molecule is CC(CC(=O)Cl)N=C=O. The molecule has 0 saturated heterocycles. The molecule has 3 nitrogen and oxygen atoms in total. The minimum Gasteiger partial charge on any atom is -0.281 e. The molecule has 0 heterocycles. The lowest BCUT2D eigenvalue weighted by Gasteiger charge is -1.94. The first-order chi connectivity index (χ1) is 4.16. The highest BCUT2D eigenvalue weighted by molar-refractivity contribution is 6.63. The van der Waals surface area contributed by atoms with Crippen LogP contribution in [0.5, 0.6) is 0 Å². The molecule has 0 amide bonds. The summed E-state index contributed by atoms with van der Waals surface area (Å²) >= 11 is 4.98. The van der Waals surface area contributed by atoms with E-state index in [9.17, 15) is 9.59 Å². The summed E-state index contributed by atoms with van der Waals surface area (Å²) in [6.07, 6.45) is 1.43. The van der Waals surface area contributed by atoms with Gasteiger partial charge in [0, 0.05) is 6.42 Å². The Morgan fingerprint density at radius 1 is 1.89 bits per heavy atom. The molecule has 0 aliphatic carbocycles. The zero-order chi connectivity index (χ0) is 7.28.